The maximum atomic E-state index is 13.5. The largest absolute Gasteiger partial charge is 0.408 e. The highest BCUT2D eigenvalue weighted by molar-refractivity contribution is 5.77. The molecule has 188 valence electrons. The van der Waals surface area contributed by atoms with E-state index in [1.54, 1.807) is 6.07 Å². The average molecular weight is 506 g/mol. The van der Waals surface area contributed by atoms with Crippen molar-refractivity contribution < 1.29 is 13.2 Å². The van der Waals surface area contributed by atoms with E-state index < -0.39 is 23.7 Å². The summed E-state index contributed by atoms with van der Waals surface area (Å²) in [4.78, 5) is 26.0. The van der Waals surface area contributed by atoms with Gasteiger partial charge in [-0.3, -0.25) is 9.78 Å². The number of nitrogens with one attached hydrogen (secondary N) is 2. The fraction of sp³-hybridized carbons (Fsp3) is 0.320. The van der Waals surface area contributed by atoms with Gasteiger partial charge in [0, 0.05) is 24.6 Å². The van der Waals surface area contributed by atoms with Crippen LogP contribution in [-0.4, -0.2) is 37.0 Å². The lowest BCUT2D eigenvalue weighted by molar-refractivity contribution is -0.144. The summed E-state index contributed by atoms with van der Waals surface area (Å²) in [6.45, 7) is 0.155. The van der Waals surface area contributed by atoms with Crippen LogP contribution in [0, 0.1) is 11.3 Å². The Labute approximate surface area is 208 Å². The summed E-state index contributed by atoms with van der Waals surface area (Å²) < 4.78 is 42.2. The van der Waals surface area contributed by atoms with Crippen molar-refractivity contribution in [2.24, 2.45) is 0 Å². The molecule has 3 aromatic heterocycles. The molecule has 0 amide bonds. The Kier molecular flexibility index (Phi) is 5.27. The molecule has 1 saturated carbocycles. The van der Waals surface area contributed by atoms with Crippen LogP contribution in [0.5, 0.6) is 0 Å². The summed E-state index contributed by atoms with van der Waals surface area (Å²) in [6.07, 6.45) is 0.128. The number of nitrogens with zero attached hydrogens (tertiary/aromatic N) is 6. The smallest absolute Gasteiger partial charge is 0.324 e. The third-order valence-corrected chi connectivity index (χ3v) is 6.80. The normalized spacial score (nSPS) is 16.3. The van der Waals surface area contributed by atoms with Gasteiger partial charge in [0.15, 0.2) is 5.65 Å². The first-order valence-corrected chi connectivity index (χ1v) is 11.8. The van der Waals surface area contributed by atoms with Gasteiger partial charge in [0.1, 0.15) is 11.9 Å². The topological polar surface area (TPSA) is 113 Å². The molecular formula is C25H21F3N8O. The molecule has 1 aromatic carbocycles. The van der Waals surface area contributed by atoms with Gasteiger partial charge in [-0.15, -0.1) is 0 Å². The summed E-state index contributed by atoms with van der Waals surface area (Å²) in [7, 11) is 0. The Hall–Kier alpha value is -4.24. The van der Waals surface area contributed by atoms with Crippen molar-refractivity contribution in [1.29, 1.82) is 5.26 Å². The molecular weight excluding hydrogens is 485 g/mol. The zero-order valence-electron chi connectivity index (χ0n) is 19.5. The van der Waals surface area contributed by atoms with Gasteiger partial charge in [-0.05, 0) is 61.2 Å². The lowest BCUT2D eigenvalue weighted by atomic mass is 10.0. The van der Waals surface area contributed by atoms with Crippen LogP contribution in [0.1, 0.15) is 29.7 Å². The van der Waals surface area contributed by atoms with Crippen LogP contribution in [0.2, 0.25) is 0 Å². The van der Waals surface area contributed by atoms with E-state index in [0.29, 0.717) is 23.2 Å². The van der Waals surface area contributed by atoms with Crippen LogP contribution >= 0.6 is 0 Å². The molecule has 6 rings (SSSR count). The van der Waals surface area contributed by atoms with E-state index in [2.05, 4.69) is 31.7 Å². The third-order valence-electron chi connectivity index (χ3n) is 6.80. The van der Waals surface area contributed by atoms with E-state index in [1.165, 1.54) is 29.6 Å². The number of hydrogen-bond donors (Lipinski definition) is 2. The minimum Gasteiger partial charge on any atom is -0.324 e. The first-order valence-electron chi connectivity index (χ1n) is 11.8. The third kappa shape index (κ3) is 4.21. The molecule has 4 heterocycles. The number of aromatic nitrogens is 5. The van der Waals surface area contributed by atoms with E-state index in [0.717, 1.165) is 29.9 Å². The first-order chi connectivity index (χ1) is 17.8. The van der Waals surface area contributed by atoms with Crippen LogP contribution in [0.4, 0.5) is 24.8 Å². The van der Waals surface area contributed by atoms with Gasteiger partial charge in [-0.2, -0.15) is 23.4 Å². The van der Waals surface area contributed by atoms with E-state index in [1.807, 2.05) is 18.2 Å². The van der Waals surface area contributed by atoms with E-state index in [9.17, 15) is 23.2 Å². The summed E-state index contributed by atoms with van der Waals surface area (Å²) in [5.74, 6) is 0.143. The molecule has 12 heteroatoms. The SMILES string of the molecule is N#CC1(c2cc(-n3c4nc(Nc5ccc6c(c5)CCNC6)ncc4c(=O)n3CC(F)(F)F)ccn2)CC1. The maximum Gasteiger partial charge on any atom is 0.408 e. The van der Waals surface area contributed by atoms with Crippen LogP contribution in [0.3, 0.4) is 0 Å². The molecule has 37 heavy (non-hydrogen) atoms. The molecule has 4 aromatic rings. The quantitative estimate of drug-likeness (QED) is 0.426. The van der Waals surface area contributed by atoms with Crippen molar-refractivity contribution in [3.8, 4) is 11.8 Å². The molecule has 2 aliphatic rings. The van der Waals surface area contributed by atoms with Crippen LogP contribution < -0.4 is 16.2 Å². The predicted molar refractivity (Wildman–Crippen MR) is 129 cm³/mol. The van der Waals surface area contributed by atoms with Crippen molar-refractivity contribution in [2.75, 3.05) is 11.9 Å². The first kappa shape index (κ1) is 23.2. The molecule has 0 radical (unpaired) electrons. The second kappa shape index (κ2) is 8.41. The second-order valence-corrected chi connectivity index (χ2v) is 9.35. The van der Waals surface area contributed by atoms with Gasteiger partial charge in [0.2, 0.25) is 5.95 Å². The number of hydrogen-bond acceptors (Lipinski definition) is 7. The van der Waals surface area contributed by atoms with Crippen LogP contribution in [0.15, 0.2) is 47.5 Å². The number of pyridine rings is 1. The summed E-state index contributed by atoms with van der Waals surface area (Å²) >= 11 is 0. The number of alkyl halides is 3. The highest BCUT2D eigenvalue weighted by Gasteiger charge is 2.46. The lowest BCUT2D eigenvalue weighted by Gasteiger charge is -2.18. The van der Waals surface area contributed by atoms with E-state index >= 15 is 0 Å². The summed E-state index contributed by atoms with van der Waals surface area (Å²) in [5.41, 5.74) is 2.24. The highest BCUT2D eigenvalue weighted by Crippen LogP contribution is 2.46. The number of anilines is 2. The molecule has 0 bridgehead atoms. The van der Waals surface area contributed by atoms with Gasteiger partial charge >= 0.3 is 6.18 Å². The van der Waals surface area contributed by atoms with Crippen molar-refractivity contribution >= 4 is 22.7 Å². The Bertz CT molecular complexity index is 1630. The fourth-order valence-corrected chi connectivity index (χ4v) is 4.71. The minimum absolute atomic E-state index is 0.0212. The standard InChI is InChI=1S/C25H21F3N8O/c26-25(27,28)14-35-22(37)19-12-32-23(33-17-2-1-16-11-30-7-3-15(16)9-17)34-21(19)36(35)18-4-8-31-20(10-18)24(13-29)5-6-24/h1-2,4,8-10,12,30H,3,5-7,11,14H2,(H,32,33,34). The zero-order chi connectivity index (χ0) is 25.8. The van der Waals surface area contributed by atoms with Crippen LogP contribution in [-0.2, 0) is 24.9 Å². The number of rotatable bonds is 5. The average Bonchev–Trinajstić information content (AvgIpc) is 3.64. The van der Waals surface area contributed by atoms with Crippen molar-refractivity contribution in [1.82, 2.24) is 29.6 Å². The Balaban J connectivity index is 1.47. The number of benzene rings is 1. The summed E-state index contributed by atoms with van der Waals surface area (Å²) in [5, 5.41) is 15.9. The molecule has 0 saturated heterocycles. The predicted octanol–water partition coefficient (Wildman–Crippen LogP) is 3.48. The summed E-state index contributed by atoms with van der Waals surface area (Å²) in [6, 6.07) is 11.2. The van der Waals surface area contributed by atoms with Crippen LogP contribution in [0.25, 0.3) is 16.7 Å². The molecule has 2 N–H and O–H groups in total. The van der Waals surface area contributed by atoms with Gasteiger partial charge in [-0.1, -0.05) is 6.07 Å². The zero-order valence-corrected chi connectivity index (χ0v) is 19.5. The molecule has 1 aliphatic heterocycles. The van der Waals surface area contributed by atoms with Gasteiger partial charge < -0.3 is 10.6 Å². The number of halogens is 3. The highest BCUT2D eigenvalue weighted by atomic mass is 19.4. The Morgan fingerprint density at radius 3 is 2.76 bits per heavy atom. The number of fused-ring (bicyclic) bond motifs is 2. The monoisotopic (exact) mass is 506 g/mol. The minimum atomic E-state index is -4.65. The van der Waals surface area contributed by atoms with Crippen molar-refractivity contribution in [3.63, 3.8) is 0 Å². The Morgan fingerprint density at radius 1 is 1.16 bits per heavy atom. The number of nitriles is 1. The van der Waals surface area contributed by atoms with Gasteiger partial charge in [-0.25, -0.2) is 14.3 Å². The lowest BCUT2D eigenvalue weighted by Crippen LogP contribution is -2.30. The molecule has 0 atom stereocenters. The second-order valence-electron chi connectivity index (χ2n) is 9.35. The van der Waals surface area contributed by atoms with Crippen molar-refractivity contribution in [2.45, 2.75) is 43.9 Å². The Morgan fingerprint density at radius 2 is 2.00 bits per heavy atom. The molecule has 0 spiro atoms. The molecule has 9 nitrogen and oxygen atoms in total. The molecule has 0 unspecified atom stereocenters. The van der Waals surface area contributed by atoms with Crippen molar-refractivity contribution in [3.05, 3.63) is 69.9 Å². The van der Waals surface area contributed by atoms with E-state index in [4.69, 9.17) is 0 Å². The maximum absolute atomic E-state index is 13.5. The van der Waals surface area contributed by atoms with Gasteiger partial charge in [0.05, 0.1) is 22.9 Å². The van der Waals surface area contributed by atoms with E-state index in [-0.39, 0.29) is 22.7 Å². The molecule has 1 aliphatic carbocycles. The fourth-order valence-electron chi connectivity index (χ4n) is 4.71. The molecule has 1 fully saturated rings. The van der Waals surface area contributed by atoms with Gasteiger partial charge in [0.25, 0.3) is 5.56 Å².